The van der Waals surface area contributed by atoms with E-state index >= 15 is 0 Å². The van der Waals surface area contributed by atoms with Gasteiger partial charge in [0.1, 0.15) is 22.6 Å². The molecule has 0 aliphatic carbocycles. The first kappa shape index (κ1) is 34.4. The molecule has 0 fully saturated rings. The Morgan fingerprint density at radius 3 is 1.24 bits per heavy atom. The van der Waals surface area contributed by atoms with E-state index in [-0.39, 0.29) is 21.9 Å². The Bertz CT molecular complexity index is 2970. The Balaban J connectivity index is 1.47. The van der Waals surface area contributed by atoms with E-state index in [0.717, 1.165) is 49.7 Å². The minimum absolute atomic E-state index is 0.0529. The van der Waals surface area contributed by atoms with Crippen LogP contribution >= 0.6 is 0 Å². The predicted molar refractivity (Wildman–Crippen MR) is 219 cm³/mol. The number of fused-ring (bicyclic) bond motifs is 20. The van der Waals surface area contributed by atoms with E-state index in [2.05, 4.69) is 121 Å². The van der Waals surface area contributed by atoms with E-state index in [4.69, 9.17) is 29.9 Å². The molecule has 9 rings (SSSR count). The van der Waals surface area contributed by atoms with Gasteiger partial charge in [-0.15, -0.1) is 0 Å². The van der Waals surface area contributed by atoms with Gasteiger partial charge in [-0.2, -0.15) is 0 Å². The minimum Gasteiger partial charge on any atom is -0.324 e. The lowest BCUT2D eigenvalue weighted by Gasteiger charge is -2.19. The number of nitro groups is 1. The molecule has 11 nitrogen and oxygen atoms in total. The average Bonchev–Trinajstić information content (AvgIpc) is 3.85. The van der Waals surface area contributed by atoms with Crippen molar-refractivity contribution in [2.45, 2.75) is 78.6 Å². The van der Waals surface area contributed by atoms with Gasteiger partial charge in [0.25, 0.3) is 5.69 Å². The number of rotatable bonds is 1. The van der Waals surface area contributed by atoms with E-state index in [1.807, 2.05) is 6.07 Å². The first-order valence-corrected chi connectivity index (χ1v) is 18.5. The Morgan fingerprint density at radius 1 is 0.436 bits per heavy atom. The number of hydrogen-bond acceptors (Lipinski definition) is 8. The van der Waals surface area contributed by atoms with E-state index in [1.165, 1.54) is 12.1 Å². The lowest BCUT2D eigenvalue weighted by atomic mass is 9.85. The van der Waals surface area contributed by atoms with Crippen LogP contribution in [-0.4, -0.2) is 44.8 Å². The van der Waals surface area contributed by atoms with Crippen LogP contribution in [0.3, 0.4) is 0 Å². The predicted octanol–water partition coefficient (Wildman–Crippen LogP) is 10.7. The molecular formula is C44H41N9O2. The average molecular weight is 728 g/mol. The number of nitrogens with one attached hydrogen (secondary N) is 2. The number of nitro benzene ring substituents is 1. The molecule has 0 amide bonds. The van der Waals surface area contributed by atoms with Crippen LogP contribution < -0.4 is 0 Å². The molecule has 0 saturated carbocycles. The zero-order valence-corrected chi connectivity index (χ0v) is 32.4. The molecule has 2 aliphatic rings. The van der Waals surface area contributed by atoms with E-state index in [1.54, 1.807) is 6.07 Å². The van der Waals surface area contributed by atoms with Crippen LogP contribution in [0.2, 0.25) is 0 Å². The van der Waals surface area contributed by atoms with Gasteiger partial charge >= 0.3 is 0 Å². The summed E-state index contributed by atoms with van der Waals surface area (Å²) in [6, 6.07) is 23.7. The molecule has 7 aromatic rings. The highest BCUT2D eigenvalue weighted by Gasteiger charge is 2.26. The van der Waals surface area contributed by atoms with Crippen LogP contribution in [0, 0.1) is 10.1 Å². The van der Waals surface area contributed by atoms with E-state index in [9.17, 15) is 10.1 Å². The third-order valence-electron chi connectivity index (χ3n) is 10.6. The van der Waals surface area contributed by atoms with Gasteiger partial charge in [0.15, 0.2) is 23.3 Å². The molecule has 5 heterocycles. The number of hydrogen-bond donors (Lipinski definition) is 2. The maximum Gasteiger partial charge on any atom is 0.270 e. The molecule has 4 aromatic carbocycles. The smallest absolute Gasteiger partial charge is 0.270 e. The first-order chi connectivity index (χ1) is 25.9. The highest BCUT2D eigenvalue weighted by atomic mass is 16.6. The normalized spacial score (nSPS) is 13.0. The minimum atomic E-state index is -0.405. The largest absolute Gasteiger partial charge is 0.324 e. The third kappa shape index (κ3) is 5.73. The van der Waals surface area contributed by atoms with Crippen molar-refractivity contribution in [3.05, 3.63) is 99.6 Å². The number of non-ortho nitro benzene ring substituents is 1. The van der Waals surface area contributed by atoms with Crippen LogP contribution in [0.25, 0.3) is 89.7 Å². The number of aromatic nitrogens is 8. The van der Waals surface area contributed by atoms with Crippen molar-refractivity contribution in [3.63, 3.8) is 0 Å². The van der Waals surface area contributed by atoms with Crippen LogP contribution in [-0.2, 0) is 16.2 Å². The summed E-state index contributed by atoms with van der Waals surface area (Å²) in [6.45, 7) is 19.6. The summed E-state index contributed by atoms with van der Waals surface area (Å²) < 4.78 is 0. The Kier molecular flexibility index (Phi) is 7.24. The number of H-pyrrole nitrogens is 2. The van der Waals surface area contributed by atoms with Crippen molar-refractivity contribution in [2.75, 3.05) is 0 Å². The zero-order chi connectivity index (χ0) is 38.8. The van der Waals surface area contributed by atoms with Gasteiger partial charge in [0, 0.05) is 55.9 Å². The quantitative estimate of drug-likeness (QED) is 0.125. The van der Waals surface area contributed by atoms with E-state index in [0.29, 0.717) is 56.7 Å². The zero-order valence-electron chi connectivity index (χ0n) is 32.4. The number of benzene rings is 4. The summed E-state index contributed by atoms with van der Waals surface area (Å²) in [7, 11) is 0. The fourth-order valence-corrected chi connectivity index (χ4v) is 7.30. The van der Waals surface area contributed by atoms with Crippen molar-refractivity contribution < 1.29 is 4.92 Å². The molecule has 274 valence electrons. The second-order valence-corrected chi connectivity index (χ2v) is 17.6. The molecule has 0 spiro atoms. The summed E-state index contributed by atoms with van der Waals surface area (Å²) in [5.41, 5.74) is 8.47. The SMILES string of the molecule is CC(C)(C)c1ccc2c(c1)-c1nc-2nc2[nH]c(nc3nc(nc4[nH]c(n1)c1ccc([N+](=O)[O-])cc41)-c1ccc(C(C)(C)C)cc1-3)c1cc(C(C)(C)C)ccc21. The van der Waals surface area contributed by atoms with Crippen LogP contribution in [0.15, 0.2) is 72.8 Å². The molecule has 0 unspecified atom stereocenters. The van der Waals surface area contributed by atoms with Crippen LogP contribution in [0.4, 0.5) is 5.69 Å². The third-order valence-corrected chi connectivity index (χ3v) is 10.6. The standard InChI is InChI=1S/C44H41N9O2/c1-42(2,3)22-10-14-26-30(18-22)38-46-34(26)45-35-27-15-11-23(43(4,5)6)19-31(27)39(47-35)52-40-32-20-24(44(7,8)9)12-16-28(32)36(48-40)50-41-33-21-25(53(54)55)13-17-29(33)37(49-38)51-41/h10-21H,1-9H3,(H2,45,46,47,48,49,50,51,52). The van der Waals surface area contributed by atoms with Gasteiger partial charge in [0.05, 0.1) is 4.92 Å². The van der Waals surface area contributed by atoms with Crippen molar-refractivity contribution in [1.82, 2.24) is 39.9 Å². The molecule has 55 heavy (non-hydrogen) atoms. The fraction of sp³-hybridized carbons (Fsp3) is 0.273. The van der Waals surface area contributed by atoms with Gasteiger partial charge in [-0.1, -0.05) is 98.7 Å². The fourth-order valence-electron chi connectivity index (χ4n) is 7.30. The van der Waals surface area contributed by atoms with E-state index < -0.39 is 4.92 Å². The summed E-state index contributed by atoms with van der Waals surface area (Å²) in [5.74, 6) is 1.93. The summed E-state index contributed by atoms with van der Waals surface area (Å²) in [6.07, 6.45) is 0. The van der Waals surface area contributed by atoms with Crippen LogP contribution in [0.5, 0.6) is 0 Å². The van der Waals surface area contributed by atoms with Crippen molar-refractivity contribution in [1.29, 1.82) is 0 Å². The molecule has 2 aliphatic heterocycles. The maximum absolute atomic E-state index is 12.0. The lowest BCUT2D eigenvalue weighted by Crippen LogP contribution is -2.10. The number of nitrogens with zero attached hydrogens (tertiary/aromatic N) is 7. The van der Waals surface area contributed by atoms with Gasteiger partial charge in [-0.3, -0.25) is 10.1 Å². The topological polar surface area (TPSA) is 152 Å². The Morgan fingerprint density at radius 2 is 0.800 bits per heavy atom. The van der Waals surface area contributed by atoms with Crippen molar-refractivity contribution in [3.8, 4) is 45.6 Å². The molecule has 0 atom stereocenters. The summed E-state index contributed by atoms with van der Waals surface area (Å²) in [5, 5.41) is 15.0. The second-order valence-electron chi connectivity index (χ2n) is 17.6. The highest BCUT2D eigenvalue weighted by Crippen LogP contribution is 2.41. The molecule has 3 aromatic heterocycles. The maximum atomic E-state index is 12.0. The molecule has 2 N–H and O–H groups in total. The van der Waals surface area contributed by atoms with Gasteiger partial charge in [-0.05, 0) is 57.2 Å². The lowest BCUT2D eigenvalue weighted by molar-refractivity contribution is -0.384. The van der Waals surface area contributed by atoms with Crippen molar-refractivity contribution in [2.24, 2.45) is 0 Å². The molecule has 0 radical (unpaired) electrons. The first-order valence-electron chi connectivity index (χ1n) is 18.5. The Labute approximate surface area is 317 Å². The molecule has 8 bridgehead atoms. The van der Waals surface area contributed by atoms with Crippen molar-refractivity contribution >= 4 is 49.8 Å². The van der Waals surface area contributed by atoms with Gasteiger partial charge in [-0.25, -0.2) is 29.9 Å². The second kappa shape index (κ2) is 11.6. The molecule has 0 saturated heterocycles. The highest BCUT2D eigenvalue weighted by molar-refractivity contribution is 6.07. The number of aromatic amines is 2. The summed E-state index contributed by atoms with van der Waals surface area (Å²) >= 11 is 0. The molecule has 11 heteroatoms. The van der Waals surface area contributed by atoms with Gasteiger partial charge < -0.3 is 9.97 Å². The van der Waals surface area contributed by atoms with Gasteiger partial charge in [0.2, 0.25) is 0 Å². The van der Waals surface area contributed by atoms with Crippen LogP contribution in [0.1, 0.15) is 79.0 Å². The monoisotopic (exact) mass is 727 g/mol. The molecular weight excluding hydrogens is 687 g/mol. The summed E-state index contributed by atoms with van der Waals surface area (Å²) in [4.78, 5) is 49.3. The Hall–Kier alpha value is -6.36.